The molecule has 0 fully saturated rings. The Morgan fingerprint density at radius 1 is 0.228 bits per heavy atom. The zero-order valence-corrected chi connectivity index (χ0v) is 33.5. The van der Waals surface area contributed by atoms with Gasteiger partial charge in [-0.3, -0.25) is 0 Å². The van der Waals surface area contributed by atoms with Crippen molar-refractivity contribution in [3.63, 3.8) is 0 Å². The third kappa shape index (κ3) is 12.2. The van der Waals surface area contributed by atoms with E-state index >= 15 is 0 Å². The fourth-order valence-electron chi connectivity index (χ4n) is 6.13. The fraction of sp³-hybridized carbons (Fsp3) is 0.176. The van der Waals surface area contributed by atoms with E-state index in [-0.39, 0.29) is 33.5 Å². The predicted octanol–water partition coefficient (Wildman–Crippen LogP) is 12.0. The Hall–Kier alpha value is -6.66. The summed E-state index contributed by atoms with van der Waals surface area (Å²) in [6.45, 7) is 13.3. The summed E-state index contributed by atoms with van der Waals surface area (Å²) in [5, 5.41) is 55.4. The van der Waals surface area contributed by atoms with Gasteiger partial charge in [-0.25, -0.2) is 0 Å². The Morgan fingerprint density at radius 3 is 0.561 bits per heavy atom. The number of phenols is 6. The first-order chi connectivity index (χ1) is 27.0. The summed E-state index contributed by atoms with van der Waals surface area (Å²) in [6, 6.07) is 55.3. The van der Waals surface area contributed by atoms with Crippen LogP contribution in [-0.4, -0.2) is 30.6 Å². The van der Waals surface area contributed by atoms with Gasteiger partial charge in [0, 0.05) is 16.2 Å². The monoisotopic (exact) mass is 762 g/mol. The molecule has 0 unspecified atom stereocenters. The second-order valence-corrected chi connectivity index (χ2v) is 15.3. The number of hydrogen-bond acceptors (Lipinski definition) is 6. The molecule has 7 aromatic carbocycles. The number of para-hydroxylation sites is 3. The summed E-state index contributed by atoms with van der Waals surface area (Å²) in [7, 11) is 0. The topological polar surface area (TPSA) is 121 Å². The average Bonchev–Trinajstić information content (AvgIpc) is 3.20. The van der Waals surface area contributed by atoms with Crippen molar-refractivity contribution in [2.24, 2.45) is 0 Å². The van der Waals surface area contributed by atoms with Gasteiger partial charge in [-0.05, 0) is 106 Å². The van der Waals surface area contributed by atoms with Gasteiger partial charge in [0.1, 0.15) is 34.5 Å². The molecule has 0 spiro atoms. The van der Waals surface area contributed by atoms with Gasteiger partial charge in [-0.1, -0.05) is 151 Å². The minimum absolute atomic E-state index is 0.255. The van der Waals surface area contributed by atoms with E-state index in [0.717, 1.165) is 16.7 Å². The fourth-order valence-corrected chi connectivity index (χ4v) is 6.13. The molecule has 6 N–H and O–H groups in total. The Balaban J connectivity index is 0.000000273. The molecule has 0 aliphatic rings. The van der Waals surface area contributed by atoms with Crippen LogP contribution in [0.5, 0.6) is 34.5 Å². The summed E-state index contributed by atoms with van der Waals surface area (Å²) in [4.78, 5) is 0. The van der Waals surface area contributed by atoms with Crippen LogP contribution in [-0.2, 0) is 16.2 Å². The molecule has 7 aromatic rings. The molecule has 0 heterocycles. The van der Waals surface area contributed by atoms with E-state index in [1.807, 2.05) is 54.6 Å². The summed E-state index contributed by atoms with van der Waals surface area (Å²) in [5.41, 5.74) is 5.96. The largest absolute Gasteiger partial charge is 0.508 e. The highest BCUT2D eigenvalue weighted by atomic mass is 16.3. The molecule has 0 amide bonds. The van der Waals surface area contributed by atoms with E-state index in [4.69, 9.17) is 15.3 Å². The van der Waals surface area contributed by atoms with Crippen LogP contribution in [0.4, 0.5) is 0 Å². The lowest BCUT2D eigenvalue weighted by molar-refractivity contribution is 0.474. The number of benzene rings is 7. The molecule has 0 saturated carbocycles. The van der Waals surface area contributed by atoms with E-state index in [9.17, 15) is 15.3 Å². The molecule has 0 bridgehead atoms. The van der Waals surface area contributed by atoms with Gasteiger partial charge in [0.25, 0.3) is 0 Å². The first-order valence-electron chi connectivity index (χ1n) is 18.8. The first-order valence-corrected chi connectivity index (χ1v) is 18.8. The maximum atomic E-state index is 9.85. The van der Waals surface area contributed by atoms with Crippen LogP contribution in [0.1, 0.15) is 74.9 Å². The molecule has 0 aliphatic carbocycles. The van der Waals surface area contributed by atoms with Gasteiger partial charge in [0.15, 0.2) is 0 Å². The van der Waals surface area contributed by atoms with Gasteiger partial charge in [0.05, 0.1) is 0 Å². The van der Waals surface area contributed by atoms with Crippen molar-refractivity contribution >= 4 is 0 Å². The third-order valence-corrected chi connectivity index (χ3v) is 10.1. The maximum absolute atomic E-state index is 9.85. The molecule has 0 atom stereocenters. The van der Waals surface area contributed by atoms with Crippen LogP contribution in [0.3, 0.4) is 0 Å². The standard InChI is InChI=1S/C33H36O3.3C6H6O/c1-31(2,22-7-13-28(34)14-8-22)25-19-26(32(3,4)23-9-15-29(35)16-10-23)21-27(20-25)33(5,6)24-11-17-30(36)18-12-24;3*7-6-4-2-1-3-5-6/h7-21,34-36H,1-6H3;3*1-5,7H. The summed E-state index contributed by atoms with van der Waals surface area (Å²) < 4.78 is 0. The van der Waals surface area contributed by atoms with Crippen molar-refractivity contribution in [1.82, 2.24) is 0 Å². The van der Waals surface area contributed by atoms with Crippen LogP contribution in [0.25, 0.3) is 0 Å². The van der Waals surface area contributed by atoms with Crippen LogP contribution in [0, 0.1) is 0 Å². The van der Waals surface area contributed by atoms with Crippen molar-refractivity contribution in [3.05, 3.63) is 215 Å². The highest BCUT2D eigenvalue weighted by Gasteiger charge is 2.32. The lowest BCUT2D eigenvalue weighted by atomic mass is 9.69. The van der Waals surface area contributed by atoms with Crippen LogP contribution in [0.15, 0.2) is 182 Å². The molecule has 0 aliphatic heterocycles. The van der Waals surface area contributed by atoms with Crippen LogP contribution >= 0.6 is 0 Å². The Labute approximate surface area is 337 Å². The van der Waals surface area contributed by atoms with Crippen molar-refractivity contribution in [1.29, 1.82) is 0 Å². The Bertz CT molecular complexity index is 1960. The van der Waals surface area contributed by atoms with Crippen molar-refractivity contribution in [2.75, 3.05) is 0 Å². The quantitative estimate of drug-likeness (QED) is 0.100. The second kappa shape index (κ2) is 19.3. The van der Waals surface area contributed by atoms with Gasteiger partial charge < -0.3 is 30.6 Å². The minimum atomic E-state index is -0.311. The van der Waals surface area contributed by atoms with E-state index in [0.29, 0.717) is 17.2 Å². The molecule has 0 saturated heterocycles. The number of phenolic OH excluding ortho intramolecular Hbond substituents is 6. The third-order valence-electron chi connectivity index (χ3n) is 10.1. The molecule has 6 nitrogen and oxygen atoms in total. The van der Waals surface area contributed by atoms with E-state index < -0.39 is 0 Å². The Kier molecular flexibility index (Phi) is 14.6. The zero-order chi connectivity index (χ0) is 41.6. The lowest BCUT2D eigenvalue weighted by Gasteiger charge is -2.35. The molecular weight excluding hydrogens is 709 g/mol. The van der Waals surface area contributed by atoms with Crippen molar-refractivity contribution in [2.45, 2.75) is 57.8 Å². The molecule has 57 heavy (non-hydrogen) atoms. The molecule has 7 rings (SSSR count). The van der Waals surface area contributed by atoms with Crippen molar-refractivity contribution < 1.29 is 30.6 Å². The SMILES string of the molecule is CC(C)(c1ccc(O)cc1)c1cc(C(C)(C)c2ccc(O)cc2)cc(C(C)(C)c2ccc(O)cc2)c1.Oc1ccccc1.Oc1ccccc1.Oc1ccccc1. The number of hydrogen-bond donors (Lipinski definition) is 6. The zero-order valence-electron chi connectivity index (χ0n) is 33.5. The summed E-state index contributed by atoms with van der Waals surface area (Å²) in [5.74, 6) is 1.73. The summed E-state index contributed by atoms with van der Waals surface area (Å²) >= 11 is 0. The average molecular weight is 763 g/mol. The summed E-state index contributed by atoms with van der Waals surface area (Å²) in [6.07, 6.45) is 0. The predicted molar refractivity (Wildman–Crippen MR) is 231 cm³/mol. The van der Waals surface area contributed by atoms with Gasteiger partial charge in [0.2, 0.25) is 0 Å². The van der Waals surface area contributed by atoms with Gasteiger partial charge >= 0.3 is 0 Å². The highest BCUT2D eigenvalue weighted by Crippen LogP contribution is 2.42. The van der Waals surface area contributed by atoms with E-state index in [2.05, 4.69) is 59.7 Å². The molecule has 0 radical (unpaired) electrons. The highest BCUT2D eigenvalue weighted by molar-refractivity contribution is 5.51. The maximum Gasteiger partial charge on any atom is 0.115 e. The van der Waals surface area contributed by atoms with Gasteiger partial charge in [-0.2, -0.15) is 0 Å². The lowest BCUT2D eigenvalue weighted by Crippen LogP contribution is -2.26. The van der Waals surface area contributed by atoms with E-state index in [1.54, 1.807) is 109 Å². The molecule has 0 aromatic heterocycles. The van der Waals surface area contributed by atoms with Gasteiger partial charge in [-0.15, -0.1) is 0 Å². The van der Waals surface area contributed by atoms with Crippen LogP contribution < -0.4 is 0 Å². The van der Waals surface area contributed by atoms with E-state index in [1.165, 1.54) is 16.7 Å². The minimum Gasteiger partial charge on any atom is -0.508 e. The molecular formula is C51H54O6. The second-order valence-electron chi connectivity index (χ2n) is 15.3. The molecule has 294 valence electrons. The Morgan fingerprint density at radius 2 is 0.404 bits per heavy atom. The number of aromatic hydroxyl groups is 6. The van der Waals surface area contributed by atoms with Crippen molar-refractivity contribution in [3.8, 4) is 34.5 Å². The smallest absolute Gasteiger partial charge is 0.115 e. The molecule has 6 heteroatoms. The first kappa shape index (κ1) is 43.1. The normalized spacial score (nSPS) is 11.1. The van der Waals surface area contributed by atoms with Crippen LogP contribution in [0.2, 0.25) is 0 Å². The number of rotatable bonds is 6.